The molecule has 0 saturated carbocycles. The molecule has 0 radical (unpaired) electrons. The number of methoxy groups -OCH3 is 1. The average Bonchev–Trinajstić information content (AvgIpc) is 3.32. The summed E-state index contributed by atoms with van der Waals surface area (Å²) in [7, 11) is 1.30. The van der Waals surface area contributed by atoms with E-state index in [2.05, 4.69) is 5.32 Å². The Balaban J connectivity index is 1.31. The number of phenolic OH excluding ortho intramolecular Hbond substituents is 1. The van der Waals surface area contributed by atoms with Crippen LogP contribution in [0.1, 0.15) is 40.9 Å². The van der Waals surface area contributed by atoms with E-state index in [4.69, 9.17) is 14.2 Å². The summed E-state index contributed by atoms with van der Waals surface area (Å²) in [4.78, 5) is 52.1. The van der Waals surface area contributed by atoms with E-state index in [0.717, 1.165) is 30.5 Å². The first kappa shape index (κ1) is 30.4. The topological polar surface area (TPSA) is 128 Å². The number of ether oxygens (including phenoxy) is 3. The van der Waals surface area contributed by atoms with Gasteiger partial charge in [0.05, 0.1) is 12.7 Å². The number of Topliss-reactive ketones (excluding diaryl/α,β-unsaturated/α-hetero) is 2. The number of nitrogens with one attached hydrogen (secondary N) is 1. The fourth-order valence-corrected chi connectivity index (χ4v) is 6.02. The summed E-state index contributed by atoms with van der Waals surface area (Å²) in [6.07, 6.45) is 1.06. The minimum Gasteiger partial charge on any atom is -0.507 e. The Hall–Kier alpha value is -5.58. The first-order valence-corrected chi connectivity index (χ1v) is 14.2. The number of halogens is 2. The summed E-state index contributed by atoms with van der Waals surface area (Å²) in [5.41, 5.74) is -0.955. The highest BCUT2D eigenvalue weighted by atomic mass is 19.1. The van der Waals surface area contributed by atoms with Crippen molar-refractivity contribution in [2.24, 2.45) is 5.92 Å². The molecular weight excluding hydrogens is 600 g/mol. The predicted octanol–water partition coefficient (Wildman–Crippen LogP) is 5.23. The third-order valence-corrected chi connectivity index (χ3v) is 8.41. The molecule has 0 saturated heterocycles. The second-order valence-electron chi connectivity index (χ2n) is 11.2. The van der Waals surface area contributed by atoms with Crippen LogP contribution in [0, 0.1) is 17.6 Å². The molecule has 2 aliphatic rings. The van der Waals surface area contributed by atoms with Crippen molar-refractivity contribution in [3.63, 3.8) is 0 Å². The van der Waals surface area contributed by atoms with Crippen molar-refractivity contribution in [1.29, 1.82) is 0 Å². The smallest absolute Gasteiger partial charge is 0.259 e. The number of hydrogen-bond acceptors (Lipinski definition) is 8. The number of aromatic hydroxyl groups is 1. The van der Waals surface area contributed by atoms with Crippen LogP contribution < -0.4 is 19.5 Å². The minimum atomic E-state index is -1.69. The van der Waals surface area contributed by atoms with Crippen molar-refractivity contribution in [3.05, 3.63) is 106 Å². The van der Waals surface area contributed by atoms with Crippen LogP contribution in [-0.2, 0) is 33.0 Å². The quantitative estimate of drug-likeness (QED) is 0.254. The first-order chi connectivity index (χ1) is 21.9. The monoisotopic (exact) mass is 627 g/mol. The van der Waals surface area contributed by atoms with Crippen molar-refractivity contribution in [2.45, 2.75) is 32.4 Å². The summed E-state index contributed by atoms with van der Waals surface area (Å²) in [5, 5.41) is 15.2. The van der Waals surface area contributed by atoms with E-state index in [1.165, 1.54) is 26.2 Å². The van der Waals surface area contributed by atoms with E-state index in [1.54, 1.807) is 18.2 Å². The highest BCUT2D eigenvalue weighted by Crippen LogP contribution is 2.56. The van der Waals surface area contributed by atoms with Gasteiger partial charge in [0, 0.05) is 35.7 Å². The number of carbonyl (C=O) groups excluding carboxylic acids is 4. The van der Waals surface area contributed by atoms with Crippen molar-refractivity contribution in [3.8, 4) is 23.0 Å². The molecule has 1 aliphatic heterocycles. The van der Waals surface area contributed by atoms with Crippen molar-refractivity contribution >= 4 is 34.0 Å². The highest BCUT2D eigenvalue weighted by molar-refractivity contribution is 6.27. The number of rotatable bonds is 8. The molecule has 2 atom stereocenters. The van der Waals surface area contributed by atoms with E-state index in [1.807, 2.05) is 18.2 Å². The van der Waals surface area contributed by atoms with E-state index in [-0.39, 0.29) is 47.1 Å². The predicted molar refractivity (Wildman–Crippen MR) is 161 cm³/mol. The van der Waals surface area contributed by atoms with Gasteiger partial charge < -0.3 is 24.6 Å². The van der Waals surface area contributed by atoms with Crippen LogP contribution in [0.2, 0.25) is 0 Å². The van der Waals surface area contributed by atoms with Crippen LogP contribution in [0.25, 0.3) is 10.8 Å². The number of hydrogen-bond donors (Lipinski definition) is 2. The molecule has 2 N–H and O–H groups in total. The van der Waals surface area contributed by atoms with Gasteiger partial charge in [-0.3, -0.25) is 19.2 Å². The lowest BCUT2D eigenvalue weighted by Gasteiger charge is -2.30. The van der Waals surface area contributed by atoms with E-state index >= 15 is 0 Å². The second-order valence-corrected chi connectivity index (χ2v) is 11.2. The molecule has 6 rings (SSSR count). The van der Waals surface area contributed by atoms with Gasteiger partial charge in [-0.2, -0.15) is 0 Å². The van der Waals surface area contributed by atoms with Gasteiger partial charge in [0.2, 0.25) is 0 Å². The third kappa shape index (κ3) is 4.84. The first-order valence-electron chi connectivity index (χ1n) is 14.2. The zero-order valence-corrected chi connectivity index (χ0v) is 24.9. The summed E-state index contributed by atoms with van der Waals surface area (Å²) in [6.45, 7) is 2.47. The van der Waals surface area contributed by atoms with Crippen LogP contribution in [0.5, 0.6) is 23.0 Å². The average molecular weight is 628 g/mol. The Bertz CT molecular complexity index is 2020. The number of fused-ring (bicyclic) bond motifs is 4. The molecule has 4 aromatic rings. The van der Waals surface area contributed by atoms with Gasteiger partial charge in [-0.1, -0.05) is 30.3 Å². The van der Waals surface area contributed by atoms with Crippen LogP contribution in [0.3, 0.4) is 0 Å². The number of phenols is 1. The number of amides is 1. The standard InChI is InChI=1S/C35H27F2NO8/c1-17(39)29-24(40)14-28-35(2,33(29)42)31-25(41)13-27(44-3)30(32(31)46-28)34(43)38-15-18-9-11-26(22-7-5-4-6-21(18)22)45-16-19-8-10-20(36)12-23(19)37/h4-14,29,41H,15-16H2,1-3H3,(H,38,43)/t29?,35-/m1/s1. The number of ketones is 3. The SMILES string of the molecule is COc1cc(O)c2c(c1C(=O)NCc1ccc(OCc3ccc(F)cc3F)c3ccccc13)OC1=CC(=O)C(C(C)=O)C(=O)[C@]12C. The summed E-state index contributed by atoms with van der Waals surface area (Å²) >= 11 is 0. The molecule has 11 heteroatoms. The number of benzene rings is 4. The van der Waals surface area contributed by atoms with Crippen LogP contribution in [-0.4, -0.2) is 35.5 Å². The molecule has 1 amide bonds. The van der Waals surface area contributed by atoms with Gasteiger partial charge in [0.25, 0.3) is 5.91 Å². The van der Waals surface area contributed by atoms with Gasteiger partial charge in [0.15, 0.2) is 17.3 Å². The fraction of sp³-hybridized carbons (Fsp3) is 0.200. The Morgan fingerprint density at radius 1 is 1.00 bits per heavy atom. The number of allylic oxidation sites excluding steroid dienone is 2. The third-order valence-electron chi connectivity index (χ3n) is 8.41. The number of carbonyl (C=O) groups is 4. The van der Waals surface area contributed by atoms with E-state index in [0.29, 0.717) is 16.7 Å². The lowest BCUT2D eigenvalue weighted by Crippen LogP contribution is -2.47. The largest absolute Gasteiger partial charge is 0.507 e. The molecule has 234 valence electrons. The molecule has 0 fully saturated rings. The molecule has 0 spiro atoms. The van der Waals surface area contributed by atoms with Crippen molar-refractivity contribution < 1.29 is 47.3 Å². The molecule has 0 bridgehead atoms. The maximum absolute atomic E-state index is 14.2. The molecule has 1 heterocycles. The van der Waals surface area contributed by atoms with Crippen molar-refractivity contribution in [2.75, 3.05) is 7.11 Å². The minimum absolute atomic E-state index is 0.0226. The molecule has 1 aliphatic carbocycles. The van der Waals surface area contributed by atoms with Gasteiger partial charge in [-0.15, -0.1) is 0 Å². The van der Waals surface area contributed by atoms with Gasteiger partial charge in [-0.25, -0.2) is 8.78 Å². The van der Waals surface area contributed by atoms with Crippen LogP contribution in [0.4, 0.5) is 8.78 Å². The Labute approximate surface area is 261 Å². The van der Waals surface area contributed by atoms with Crippen molar-refractivity contribution in [1.82, 2.24) is 5.32 Å². The normalized spacial score (nSPS) is 18.4. The summed E-state index contributed by atoms with van der Waals surface area (Å²) in [6, 6.07) is 15.1. The molecular formula is C35H27F2NO8. The Morgan fingerprint density at radius 3 is 2.41 bits per heavy atom. The molecule has 1 unspecified atom stereocenters. The summed E-state index contributed by atoms with van der Waals surface area (Å²) in [5.74, 6) is -6.01. The lowest BCUT2D eigenvalue weighted by atomic mass is 9.67. The van der Waals surface area contributed by atoms with Crippen LogP contribution in [0.15, 0.2) is 72.5 Å². The van der Waals surface area contributed by atoms with Gasteiger partial charge in [-0.05, 0) is 43.0 Å². The molecule has 0 aromatic heterocycles. The zero-order valence-electron chi connectivity index (χ0n) is 24.9. The zero-order chi connectivity index (χ0) is 32.9. The molecule has 4 aromatic carbocycles. The molecule has 9 nitrogen and oxygen atoms in total. The highest BCUT2D eigenvalue weighted by Gasteiger charge is 2.58. The van der Waals surface area contributed by atoms with Crippen LogP contribution >= 0.6 is 0 Å². The van der Waals surface area contributed by atoms with Gasteiger partial charge in [0.1, 0.15) is 63.9 Å². The lowest BCUT2D eigenvalue weighted by molar-refractivity contribution is -0.140. The van der Waals surface area contributed by atoms with Gasteiger partial charge >= 0.3 is 0 Å². The Kier molecular flexibility index (Phi) is 7.55. The summed E-state index contributed by atoms with van der Waals surface area (Å²) < 4.78 is 44.7. The van der Waals surface area contributed by atoms with E-state index < -0.39 is 52.0 Å². The fourth-order valence-electron chi connectivity index (χ4n) is 6.02. The maximum atomic E-state index is 14.2. The molecule has 46 heavy (non-hydrogen) atoms. The maximum Gasteiger partial charge on any atom is 0.259 e. The van der Waals surface area contributed by atoms with E-state index in [9.17, 15) is 33.1 Å². The second kappa shape index (κ2) is 11.4. The Morgan fingerprint density at radius 2 is 1.72 bits per heavy atom.